The normalized spacial score (nSPS) is 10.8. The van der Waals surface area contributed by atoms with Gasteiger partial charge in [-0.15, -0.1) is 0 Å². The van der Waals surface area contributed by atoms with E-state index in [9.17, 15) is 18.0 Å². The molecule has 0 saturated carbocycles. The van der Waals surface area contributed by atoms with Crippen molar-refractivity contribution in [3.05, 3.63) is 53.6 Å². The Balaban J connectivity index is 2.15. The van der Waals surface area contributed by atoms with Crippen molar-refractivity contribution in [3.63, 3.8) is 0 Å². The van der Waals surface area contributed by atoms with Crippen LogP contribution in [0.5, 0.6) is 11.5 Å². The monoisotopic (exact) mass is 384 g/mol. The van der Waals surface area contributed by atoms with E-state index in [-0.39, 0.29) is 27.9 Å². The van der Waals surface area contributed by atoms with Gasteiger partial charge in [0, 0.05) is 5.69 Å². The van der Waals surface area contributed by atoms with Crippen LogP contribution in [0.1, 0.15) is 15.9 Å². The van der Waals surface area contributed by atoms with Crippen LogP contribution in [0, 0.1) is 0 Å². The molecule has 0 aromatic heterocycles. The summed E-state index contributed by atoms with van der Waals surface area (Å²) in [7, 11) is 2.79. The molecule has 2 N–H and O–H groups in total. The van der Waals surface area contributed by atoms with Gasteiger partial charge in [0.2, 0.25) is 0 Å². The number of halogens is 3. The summed E-state index contributed by atoms with van der Waals surface area (Å²) in [6.07, 6.45) is -4.48. The minimum atomic E-state index is -4.48. The molecule has 0 aliphatic carbocycles. The molecule has 0 fully saturated rings. The van der Waals surface area contributed by atoms with Crippen LogP contribution in [-0.2, 0) is 6.18 Å². The van der Waals surface area contributed by atoms with E-state index in [1.807, 2.05) is 0 Å². The van der Waals surface area contributed by atoms with Crippen LogP contribution in [0.15, 0.2) is 42.5 Å². The molecule has 0 heterocycles. The van der Waals surface area contributed by atoms with Gasteiger partial charge < -0.3 is 14.8 Å². The van der Waals surface area contributed by atoms with Crippen LogP contribution >= 0.6 is 12.2 Å². The SMILES string of the molecule is COc1cccc(OC)c1C(=O)NC(=S)Nc1cccc(C(F)(F)F)c1. The third-order valence-electron chi connectivity index (χ3n) is 3.33. The lowest BCUT2D eigenvalue weighted by atomic mass is 10.1. The number of hydrogen-bond acceptors (Lipinski definition) is 4. The zero-order chi connectivity index (χ0) is 19.3. The molecule has 5 nitrogen and oxygen atoms in total. The van der Waals surface area contributed by atoms with Crippen LogP contribution in [-0.4, -0.2) is 25.2 Å². The molecule has 1 amide bonds. The van der Waals surface area contributed by atoms with E-state index < -0.39 is 17.6 Å². The number of benzene rings is 2. The number of anilines is 1. The van der Waals surface area contributed by atoms with E-state index in [4.69, 9.17) is 21.7 Å². The lowest BCUT2D eigenvalue weighted by molar-refractivity contribution is -0.137. The van der Waals surface area contributed by atoms with Gasteiger partial charge in [0.25, 0.3) is 5.91 Å². The van der Waals surface area contributed by atoms with Gasteiger partial charge in [-0.3, -0.25) is 10.1 Å². The summed E-state index contributed by atoms with van der Waals surface area (Å²) >= 11 is 5.00. The molecular weight excluding hydrogens is 369 g/mol. The van der Waals surface area contributed by atoms with E-state index in [0.717, 1.165) is 12.1 Å². The van der Waals surface area contributed by atoms with E-state index in [1.54, 1.807) is 18.2 Å². The molecular formula is C17H15F3N2O3S. The maximum Gasteiger partial charge on any atom is 0.416 e. The van der Waals surface area contributed by atoms with Crippen molar-refractivity contribution < 1.29 is 27.4 Å². The van der Waals surface area contributed by atoms with Crippen LogP contribution in [0.4, 0.5) is 18.9 Å². The minimum Gasteiger partial charge on any atom is -0.496 e. The van der Waals surface area contributed by atoms with E-state index >= 15 is 0 Å². The van der Waals surface area contributed by atoms with Gasteiger partial charge in [-0.05, 0) is 42.5 Å². The number of carbonyl (C=O) groups is 1. The highest BCUT2D eigenvalue weighted by Crippen LogP contribution is 2.31. The number of alkyl halides is 3. The molecule has 0 aliphatic rings. The number of thiocarbonyl (C=S) groups is 1. The zero-order valence-electron chi connectivity index (χ0n) is 13.8. The predicted molar refractivity (Wildman–Crippen MR) is 94.7 cm³/mol. The minimum absolute atomic E-state index is 0.0946. The quantitative estimate of drug-likeness (QED) is 0.785. The van der Waals surface area contributed by atoms with Crippen LogP contribution in [0.2, 0.25) is 0 Å². The maximum atomic E-state index is 12.7. The van der Waals surface area contributed by atoms with E-state index in [2.05, 4.69) is 10.6 Å². The smallest absolute Gasteiger partial charge is 0.416 e. The summed E-state index contributed by atoms with van der Waals surface area (Å²) in [5, 5.41) is 4.78. The summed E-state index contributed by atoms with van der Waals surface area (Å²) in [6, 6.07) is 9.25. The average molecular weight is 384 g/mol. The zero-order valence-corrected chi connectivity index (χ0v) is 14.6. The van der Waals surface area contributed by atoms with Crippen LogP contribution < -0.4 is 20.1 Å². The summed E-state index contributed by atoms with van der Waals surface area (Å²) < 4.78 is 48.5. The molecule has 9 heteroatoms. The van der Waals surface area contributed by atoms with Gasteiger partial charge in [-0.2, -0.15) is 13.2 Å². The molecule has 2 rings (SSSR count). The highest BCUT2D eigenvalue weighted by atomic mass is 32.1. The van der Waals surface area contributed by atoms with Crippen molar-refractivity contribution in [1.29, 1.82) is 0 Å². The Labute approximate surface area is 153 Å². The standard InChI is InChI=1S/C17H15F3N2O3S/c1-24-12-7-4-8-13(25-2)14(12)15(23)22-16(26)21-11-6-3-5-10(9-11)17(18,19)20/h3-9H,1-2H3,(H2,21,22,23,26). The lowest BCUT2D eigenvalue weighted by Crippen LogP contribution is -2.34. The third kappa shape index (κ3) is 4.63. The molecule has 26 heavy (non-hydrogen) atoms. The largest absolute Gasteiger partial charge is 0.496 e. The Morgan fingerprint density at radius 2 is 1.62 bits per heavy atom. The van der Waals surface area contributed by atoms with Crippen molar-refractivity contribution in [1.82, 2.24) is 5.32 Å². The van der Waals surface area contributed by atoms with Gasteiger partial charge in [0.1, 0.15) is 17.1 Å². The molecule has 0 spiro atoms. The van der Waals surface area contributed by atoms with Crippen molar-refractivity contribution in [3.8, 4) is 11.5 Å². The van der Waals surface area contributed by atoms with Crippen LogP contribution in [0.3, 0.4) is 0 Å². The maximum absolute atomic E-state index is 12.7. The Morgan fingerprint density at radius 1 is 1.04 bits per heavy atom. The first kappa shape index (κ1) is 19.5. The molecule has 0 saturated heterocycles. The number of hydrogen-bond donors (Lipinski definition) is 2. The number of rotatable bonds is 4. The molecule has 0 bridgehead atoms. The average Bonchev–Trinajstić information content (AvgIpc) is 2.60. The summed E-state index contributed by atoms with van der Waals surface area (Å²) in [6.45, 7) is 0. The Morgan fingerprint density at radius 3 is 2.15 bits per heavy atom. The Bertz CT molecular complexity index is 803. The van der Waals surface area contributed by atoms with Gasteiger partial charge in [0.15, 0.2) is 5.11 Å². The molecule has 2 aromatic rings. The van der Waals surface area contributed by atoms with Gasteiger partial charge in [0.05, 0.1) is 19.8 Å². The lowest BCUT2D eigenvalue weighted by Gasteiger charge is -2.15. The Hall–Kier alpha value is -2.81. The Kier molecular flexibility index (Phi) is 6.04. The number of carbonyl (C=O) groups excluding carboxylic acids is 1. The fraction of sp³-hybridized carbons (Fsp3) is 0.176. The summed E-state index contributed by atoms with van der Waals surface area (Å²) in [4.78, 5) is 12.5. The van der Waals surface area contributed by atoms with Gasteiger partial charge in [-0.25, -0.2) is 0 Å². The topological polar surface area (TPSA) is 59.6 Å². The molecule has 138 valence electrons. The van der Waals surface area contributed by atoms with Crippen molar-refractivity contribution in [2.24, 2.45) is 0 Å². The first-order valence-electron chi connectivity index (χ1n) is 7.27. The summed E-state index contributed by atoms with van der Waals surface area (Å²) in [5.74, 6) is -0.0868. The molecule has 0 radical (unpaired) electrons. The fourth-order valence-corrected chi connectivity index (χ4v) is 2.39. The van der Waals surface area contributed by atoms with Crippen molar-refractivity contribution >= 4 is 28.9 Å². The second-order valence-corrected chi connectivity index (χ2v) is 5.43. The second kappa shape index (κ2) is 8.05. The highest BCUT2D eigenvalue weighted by Gasteiger charge is 2.30. The van der Waals surface area contributed by atoms with E-state index in [0.29, 0.717) is 0 Å². The van der Waals surface area contributed by atoms with Gasteiger partial charge >= 0.3 is 6.18 Å². The van der Waals surface area contributed by atoms with Crippen molar-refractivity contribution in [2.45, 2.75) is 6.18 Å². The number of ether oxygens (including phenoxy) is 2. The first-order valence-corrected chi connectivity index (χ1v) is 7.67. The first-order chi connectivity index (χ1) is 12.3. The summed E-state index contributed by atoms with van der Waals surface area (Å²) in [5.41, 5.74) is -0.620. The van der Waals surface area contributed by atoms with Gasteiger partial charge in [-0.1, -0.05) is 12.1 Å². The second-order valence-electron chi connectivity index (χ2n) is 5.02. The molecule has 0 unspecified atom stereocenters. The highest BCUT2D eigenvalue weighted by molar-refractivity contribution is 7.80. The number of amides is 1. The molecule has 2 aromatic carbocycles. The van der Waals surface area contributed by atoms with Crippen LogP contribution in [0.25, 0.3) is 0 Å². The third-order valence-corrected chi connectivity index (χ3v) is 3.53. The van der Waals surface area contributed by atoms with Crippen molar-refractivity contribution in [2.75, 3.05) is 19.5 Å². The molecule has 0 aliphatic heterocycles. The molecule has 0 atom stereocenters. The predicted octanol–water partition coefficient (Wildman–Crippen LogP) is 3.85. The van der Waals surface area contributed by atoms with E-state index in [1.165, 1.54) is 26.4 Å². The number of nitrogens with one attached hydrogen (secondary N) is 2. The number of methoxy groups -OCH3 is 2. The fourth-order valence-electron chi connectivity index (χ4n) is 2.18.